The van der Waals surface area contributed by atoms with Crippen molar-refractivity contribution in [1.29, 1.82) is 0 Å². The van der Waals surface area contributed by atoms with Crippen molar-refractivity contribution in [2.75, 3.05) is 11.9 Å². The van der Waals surface area contributed by atoms with Crippen molar-refractivity contribution in [3.8, 4) is 0 Å². The van der Waals surface area contributed by atoms with E-state index >= 15 is 0 Å². The minimum Gasteiger partial charge on any atom is -0.311 e. The monoisotopic (exact) mass is 362 g/mol. The van der Waals surface area contributed by atoms with Gasteiger partial charge in [-0.25, -0.2) is 9.67 Å². The molecule has 1 fully saturated rings. The van der Waals surface area contributed by atoms with Gasteiger partial charge >= 0.3 is 0 Å². The van der Waals surface area contributed by atoms with E-state index in [0.29, 0.717) is 11.5 Å². The maximum Gasteiger partial charge on any atom is 0.258 e. The Labute approximate surface area is 160 Å². The SMILES string of the molecule is Cc1nn(C(C)(C)C)c2nc(C3CC3)cc(C(=O)N(C)c3ccccc3)c12. The molecule has 2 aromatic heterocycles. The molecule has 4 rings (SSSR count). The van der Waals surface area contributed by atoms with Gasteiger partial charge in [-0.05, 0) is 58.7 Å². The molecule has 0 saturated heterocycles. The second-order valence-electron chi connectivity index (χ2n) is 8.44. The minimum absolute atomic E-state index is 0.0212. The lowest BCUT2D eigenvalue weighted by molar-refractivity contribution is 0.0994. The molecular weight excluding hydrogens is 336 g/mol. The van der Waals surface area contributed by atoms with Gasteiger partial charge in [0.2, 0.25) is 0 Å². The molecule has 2 heterocycles. The van der Waals surface area contributed by atoms with E-state index in [9.17, 15) is 4.79 Å². The molecule has 3 aromatic rings. The highest BCUT2D eigenvalue weighted by Gasteiger charge is 2.31. The number of carbonyl (C=O) groups excluding carboxylic acids is 1. The average molecular weight is 362 g/mol. The third-order valence-electron chi connectivity index (χ3n) is 5.14. The van der Waals surface area contributed by atoms with Gasteiger partial charge in [-0.15, -0.1) is 0 Å². The fraction of sp³-hybridized carbons (Fsp3) is 0.409. The zero-order valence-corrected chi connectivity index (χ0v) is 16.7. The van der Waals surface area contributed by atoms with E-state index < -0.39 is 0 Å². The highest BCUT2D eigenvalue weighted by Crippen LogP contribution is 2.41. The summed E-state index contributed by atoms with van der Waals surface area (Å²) < 4.78 is 1.96. The molecule has 5 nitrogen and oxygen atoms in total. The zero-order chi connectivity index (χ0) is 19.3. The summed E-state index contributed by atoms with van der Waals surface area (Å²) in [5.74, 6) is 0.443. The topological polar surface area (TPSA) is 51.0 Å². The van der Waals surface area contributed by atoms with Crippen LogP contribution in [0.4, 0.5) is 5.69 Å². The van der Waals surface area contributed by atoms with Crippen LogP contribution in [0.3, 0.4) is 0 Å². The number of fused-ring (bicyclic) bond motifs is 1. The molecule has 1 aliphatic rings. The second kappa shape index (κ2) is 6.19. The Balaban J connectivity index is 1.91. The molecule has 1 aromatic carbocycles. The minimum atomic E-state index is -0.201. The summed E-state index contributed by atoms with van der Waals surface area (Å²) in [4.78, 5) is 20.1. The number of hydrogen-bond acceptors (Lipinski definition) is 3. The Morgan fingerprint density at radius 1 is 1.19 bits per heavy atom. The molecule has 1 amide bonds. The van der Waals surface area contributed by atoms with E-state index in [0.717, 1.165) is 41.0 Å². The number of aromatic nitrogens is 3. The number of anilines is 1. The molecule has 1 aliphatic carbocycles. The Morgan fingerprint density at radius 2 is 1.85 bits per heavy atom. The van der Waals surface area contributed by atoms with E-state index in [4.69, 9.17) is 10.1 Å². The van der Waals surface area contributed by atoms with Gasteiger partial charge in [0.05, 0.1) is 22.2 Å². The zero-order valence-electron chi connectivity index (χ0n) is 16.7. The van der Waals surface area contributed by atoms with Gasteiger partial charge < -0.3 is 4.90 Å². The van der Waals surface area contributed by atoms with E-state index in [1.165, 1.54) is 0 Å². The number of amides is 1. The number of rotatable bonds is 3. The van der Waals surface area contributed by atoms with E-state index in [2.05, 4.69) is 20.8 Å². The van der Waals surface area contributed by atoms with E-state index in [1.807, 2.05) is 55.1 Å². The number of benzene rings is 1. The van der Waals surface area contributed by atoms with Crippen LogP contribution in [0.5, 0.6) is 0 Å². The van der Waals surface area contributed by atoms with Gasteiger partial charge in [0, 0.05) is 24.3 Å². The smallest absolute Gasteiger partial charge is 0.258 e. The van der Waals surface area contributed by atoms with Crippen LogP contribution in [0.15, 0.2) is 36.4 Å². The lowest BCUT2D eigenvalue weighted by Crippen LogP contribution is -2.27. The van der Waals surface area contributed by atoms with Crippen molar-refractivity contribution in [2.45, 2.75) is 52.0 Å². The van der Waals surface area contributed by atoms with Crippen LogP contribution >= 0.6 is 0 Å². The number of hydrogen-bond donors (Lipinski definition) is 0. The van der Waals surface area contributed by atoms with Gasteiger partial charge in [-0.3, -0.25) is 4.79 Å². The maximum atomic E-state index is 13.4. The Kier molecular flexibility index (Phi) is 4.06. The van der Waals surface area contributed by atoms with Gasteiger partial charge in [0.15, 0.2) is 5.65 Å². The van der Waals surface area contributed by atoms with Crippen molar-refractivity contribution >= 4 is 22.6 Å². The van der Waals surface area contributed by atoms with Crippen LogP contribution in [-0.4, -0.2) is 27.7 Å². The third-order valence-corrected chi connectivity index (χ3v) is 5.14. The normalized spacial score (nSPS) is 14.6. The van der Waals surface area contributed by atoms with Gasteiger partial charge in [0.25, 0.3) is 5.91 Å². The Hall–Kier alpha value is -2.69. The fourth-order valence-electron chi connectivity index (χ4n) is 3.48. The van der Waals surface area contributed by atoms with Gasteiger partial charge in [-0.1, -0.05) is 18.2 Å². The molecule has 0 radical (unpaired) electrons. The summed E-state index contributed by atoms with van der Waals surface area (Å²) in [5.41, 5.74) is 4.04. The van der Waals surface area contributed by atoms with Crippen LogP contribution in [0.1, 0.15) is 61.3 Å². The van der Waals surface area contributed by atoms with E-state index in [1.54, 1.807) is 4.90 Å². The molecule has 140 valence electrons. The van der Waals surface area contributed by atoms with Crippen molar-refractivity contribution < 1.29 is 4.79 Å². The summed E-state index contributed by atoms with van der Waals surface area (Å²) in [6.07, 6.45) is 2.28. The fourth-order valence-corrected chi connectivity index (χ4v) is 3.48. The summed E-state index contributed by atoms with van der Waals surface area (Å²) in [7, 11) is 1.82. The Morgan fingerprint density at radius 3 is 2.44 bits per heavy atom. The molecular formula is C22H26N4O. The molecule has 0 spiro atoms. The van der Waals surface area contributed by atoms with Crippen LogP contribution in [0.2, 0.25) is 0 Å². The third kappa shape index (κ3) is 3.11. The van der Waals surface area contributed by atoms with Crippen molar-refractivity contribution in [3.05, 3.63) is 53.3 Å². The number of aryl methyl sites for hydroxylation is 1. The summed E-state index contributed by atoms with van der Waals surface area (Å²) >= 11 is 0. The number of carbonyl (C=O) groups is 1. The van der Waals surface area contributed by atoms with Crippen molar-refractivity contribution in [1.82, 2.24) is 14.8 Å². The van der Waals surface area contributed by atoms with E-state index in [-0.39, 0.29) is 11.4 Å². The molecule has 1 saturated carbocycles. The molecule has 0 atom stereocenters. The Bertz CT molecular complexity index is 1010. The largest absolute Gasteiger partial charge is 0.311 e. The molecule has 0 N–H and O–H groups in total. The summed E-state index contributed by atoms with van der Waals surface area (Å²) in [6, 6.07) is 11.7. The predicted molar refractivity (Wildman–Crippen MR) is 108 cm³/mol. The average Bonchev–Trinajstić information content (AvgIpc) is 3.43. The first kappa shape index (κ1) is 17.7. The van der Waals surface area contributed by atoms with Crippen molar-refractivity contribution in [2.24, 2.45) is 0 Å². The number of para-hydroxylation sites is 1. The second-order valence-corrected chi connectivity index (χ2v) is 8.44. The molecule has 0 bridgehead atoms. The van der Waals surface area contributed by atoms with Crippen LogP contribution in [0, 0.1) is 6.92 Å². The summed E-state index contributed by atoms with van der Waals surface area (Å²) in [5, 5.41) is 5.60. The molecule has 27 heavy (non-hydrogen) atoms. The van der Waals surface area contributed by atoms with Crippen LogP contribution in [0.25, 0.3) is 11.0 Å². The molecule has 0 unspecified atom stereocenters. The van der Waals surface area contributed by atoms with Gasteiger partial charge in [0.1, 0.15) is 0 Å². The lowest BCUT2D eigenvalue weighted by atomic mass is 10.1. The number of pyridine rings is 1. The molecule has 5 heteroatoms. The highest BCUT2D eigenvalue weighted by atomic mass is 16.2. The summed E-state index contributed by atoms with van der Waals surface area (Å²) in [6.45, 7) is 8.30. The number of nitrogens with zero attached hydrogens (tertiary/aromatic N) is 4. The predicted octanol–water partition coefficient (Wildman–Crippen LogP) is 4.65. The maximum absolute atomic E-state index is 13.4. The van der Waals surface area contributed by atoms with Crippen molar-refractivity contribution in [3.63, 3.8) is 0 Å². The van der Waals surface area contributed by atoms with Gasteiger partial charge in [-0.2, -0.15) is 5.10 Å². The first-order valence-electron chi connectivity index (χ1n) is 9.51. The molecule has 0 aliphatic heterocycles. The van der Waals surface area contributed by atoms with Crippen LogP contribution in [-0.2, 0) is 5.54 Å². The highest BCUT2D eigenvalue weighted by molar-refractivity contribution is 6.13. The first-order valence-corrected chi connectivity index (χ1v) is 9.51. The lowest BCUT2D eigenvalue weighted by Gasteiger charge is -2.21. The quantitative estimate of drug-likeness (QED) is 0.681. The standard InChI is InChI=1S/C22H26N4O/c1-14-19-17(21(27)25(5)16-9-7-6-8-10-16)13-18(15-11-12-15)23-20(19)26(24-14)22(2,3)4/h6-10,13,15H,11-12H2,1-5H3. The first-order chi connectivity index (χ1) is 12.8. The van der Waals surface area contributed by atoms with Crippen LogP contribution < -0.4 is 4.90 Å².